The molecule has 0 fully saturated rings. The maximum Gasteiger partial charge on any atom is 0.123 e. The summed E-state index contributed by atoms with van der Waals surface area (Å²) < 4.78 is 14.3. The molecular formula is C29H25NO2. The van der Waals surface area contributed by atoms with E-state index in [9.17, 15) is 0 Å². The number of aromatic nitrogens is 1. The lowest BCUT2D eigenvalue weighted by molar-refractivity contribution is 0.0650. The van der Waals surface area contributed by atoms with Gasteiger partial charge in [0.1, 0.15) is 11.9 Å². The molecule has 1 unspecified atom stereocenters. The van der Waals surface area contributed by atoms with Crippen LogP contribution in [0.3, 0.4) is 0 Å². The molecule has 0 radical (unpaired) electrons. The summed E-state index contributed by atoms with van der Waals surface area (Å²) in [5, 5.41) is 3.72. The lowest BCUT2D eigenvalue weighted by Gasteiger charge is -2.27. The third-order valence-electron chi connectivity index (χ3n) is 6.56. The van der Waals surface area contributed by atoms with Gasteiger partial charge in [0, 0.05) is 17.4 Å². The number of benzene rings is 4. The van der Waals surface area contributed by atoms with Crippen molar-refractivity contribution in [3.63, 3.8) is 0 Å². The van der Waals surface area contributed by atoms with E-state index in [0.29, 0.717) is 0 Å². The fourth-order valence-electron chi connectivity index (χ4n) is 5.04. The van der Waals surface area contributed by atoms with E-state index in [1.807, 2.05) is 6.07 Å². The summed E-state index contributed by atoms with van der Waals surface area (Å²) in [5.74, 6) is 0.879. The number of nitrogens with zero attached hydrogens (tertiary/aromatic N) is 1. The quantitative estimate of drug-likeness (QED) is 0.331. The van der Waals surface area contributed by atoms with Gasteiger partial charge in [0.15, 0.2) is 0 Å². The Labute approximate surface area is 187 Å². The standard InChI is InChI=1S/C29H25NO2/c1-31-24-14-13-21-17-23(12-11-22(21)18-24)29-28-26(15-16-32-29)25-9-5-6-10-27(25)30(28)19-20-7-3-2-4-8-20/h2-14,17-18,29H,15-16,19H2,1H3. The van der Waals surface area contributed by atoms with Crippen molar-refractivity contribution in [2.24, 2.45) is 0 Å². The fraction of sp³-hybridized carbons (Fsp3) is 0.172. The zero-order chi connectivity index (χ0) is 21.5. The topological polar surface area (TPSA) is 23.4 Å². The molecule has 0 saturated heterocycles. The molecule has 0 spiro atoms. The Hall–Kier alpha value is -3.56. The summed E-state index contributed by atoms with van der Waals surface area (Å²) in [5.41, 5.74) is 6.48. The largest absolute Gasteiger partial charge is 0.497 e. The van der Waals surface area contributed by atoms with E-state index >= 15 is 0 Å². The van der Waals surface area contributed by atoms with Crippen LogP contribution >= 0.6 is 0 Å². The van der Waals surface area contributed by atoms with Crippen molar-refractivity contribution in [2.75, 3.05) is 13.7 Å². The number of hydrogen-bond donors (Lipinski definition) is 0. The monoisotopic (exact) mass is 419 g/mol. The summed E-state index contributed by atoms with van der Waals surface area (Å²) in [4.78, 5) is 0. The van der Waals surface area contributed by atoms with Gasteiger partial charge in [-0.15, -0.1) is 0 Å². The molecule has 1 atom stereocenters. The van der Waals surface area contributed by atoms with Crippen molar-refractivity contribution < 1.29 is 9.47 Å². The fourth-order valence-corrected chi connectivity index (χ4v) is 5.04. The van der Waals surface area contributed by atoms with Crippen molar-refractivity contribution in [3.8, 4) is 5.75 Å². The second-order valence-electron chi connectivity index (χ2n) is 8.43. The van der Waals surface area contributed by atoms with Crippen molar-refractivity contribution in [1.29, 1.82) is 0 Å². The van der Waals surface area contributed by atoms with Gasteiger partial charge >= 0.3 is 0 Å². The normalized spacial score (nSPS) is 15.7. The first-order valence-corrected chi connectivity index (χ1v) is 11.1. The molecule has 0 aliphatic carbocycles. The Morgan fingerprint density at radius 3 is 2.53 bits per heavy atom. The predicted molar refractivity (Wildman–Crippen MR) is 129 cm³/mol. The number of hydrogen-bond acceptors (Lipinski definition) is 2. The average Bonchev–Trinajstić information content (AvgIpc) is 3.18. The molecule has 0 amide bonds. The van der Waals surface area contributed by atoms with Crippen LogP contribution in [0.1, 0.15) is 28.5 Å². The second-order valence-corrected chi connectivity index (χ2v) is 8.43. The molecule has 0 N–H and O–H groups in total. The van der Waals surface area contributed by atoms with E-state index in [2.05, 4.69) is 89.5 Å². The van der Waals surface area contributed by atoms with Gasteiger partial charge in [-0.05, 0) is 58.1 Å². The smallest absolute Gasteiger partial charge is 0.123 e. The van der Waals surface area contributed by atoms with Gasteiger partial charge in [-0.3, -0.25) is 0 Å². The van der Waals surface area contributed by atoms with Crippen molar-refractivity contribution >= 4 is 21.7 Å². The molecule has 3 nitrogen and oxygen atoms in total. The van der Waals surface area contributed by atoms with Crippen LogP contribution in [0.15, 0.2) is 91.0 Å². The summed E-state index contributed by atoms with van der Waals surface area (Å²) in [7, 11) is 1.71. The summed E-state index contributed by atoms with van der Waals surface area (Å²) >= 11 is 0. The van der Waals surface area contributed by atoms with E-state index in [-0.39, 0.29) is 6.10 Å². The number of para-hydroxylation sites is 1. The molecule has 1 aliphatic rings. The first-order chi connectivity index (χ1) is 15.8. The van der Waals surface area contributed by atoms with E-state index in [0.717, 1.165) is 25.3 Å². The van der Waals surface area contributed by atoms with E-state index in [1.165, 1.54) is 44.1 Å². The number of rotatable bonds is 4. The lowest BCUT2D eigenvalue weighted by atomic mass is 9.95. The Morgan fingerprint density at radius 1 is 0.875 bits per heavy atom. The minimum absolute atomic E-state index is 0.0821. The summed E-state index contributed by atoms with van der Waals surface area (Å²) in [6.07, 6.45) is 0.861. The predicted octanol–water partition coefficient (Wildman–Crippen LogP) is 6.51. The SMILES string of the molecule is COc1ccc2cc(C3OCCc4c3n(Cc3ccccc3)c3ccccc43)ccc2c1. The highest BCUT2D eigenvalue weighted by Gasteiger charge is 2.29. The van der Waals surface area contributed by atoms with Gasteiger partial charge in [-0.25, -0.2) is 0 Å². The number of methoxy groups -OCH3 is 1. The molecule has 4 aromatic carbocycles. The highest BCUT2D eigenvalue weighted by Crippen LogP contribution is 2.40. The molecule has 0 saturated carbocycles. The second kappa shape index (κ2) is 7.85. The molecule has 0 bridgehead atoms. The molecule has 158 valence electrons. The van der Waals surface area contributed by atoms with Crippen LogP contribution in [0.2, 0.25) is 0 Å². The Bertz CT molecular complexity index is 1420. The van der Waals surface area contributed by atoms with Crippen LogP contribution in [0, 0.1) is 0 Å². The highest BCUT2D eigenvalue weighted by molar-refractivity contribution is 5.87. The minimum Gasteiger partial charge on any atom is -0.497 e. The summed E-state index contributed by atoms with van der Waals surface area (Å²) in [6.45, 7) is 1.57. The van der Waals surface area contributed by atoms with Crippen LogP contribution in [-0.4, -0.2) is 18.3 Å². The van der Waals surface area contributed by atoms with Crippen molar-refractivity contribution in [1.82, 2.24) is 4.57 Å². The van der Waals surface area contributed by atoms with E-state index < -0.39 is 0 Å². The molecular weight excluding hydrogens is 394 g/mol. The maximum atomic E-state index is 6.45. The van der Waals surface area contributed by atoms with Crippen LogP contribution in [0.4, 0.5) is 0 Å². The molecule has 6 rings (SSSR count). The first kappa shape index (κ1) is 19.1. The average molecular weight is 420 g/mol. The van der Waals surface area contributed by atoms with Gasteiger partial charge in [-0.2, -0.15) is 0 Å². The van der Waals surface area contributed by atoms with Gasteiger partial charge in [0.2, 0.25) is 0 Å². The van der Waals surface area contributed by atoms with Crippen LogP contribution in [-0.2, 0) is 17.7 Å². The lowest BCUT2D eigenvalue weighted by Crippen LogP contribution is -2.20. The van der Waals surface area contributed by atoms with E-state index in [1.54, 1.807) is 7.11 Å². The van der Waals surface area contributed by atoms with Crippen molar-refractivity contribution in [2.45, 2.75) is 19.1 Å². The molecule has 5 aromatic rings. The number of fused-ring (bicyclic) bond motifs is 4. The van der Waals surface area contributed by atoms with Gasteiger partial charge in [-0.1, -0.05) is 66.7 Å². The van der Waals surface area contributed by atoms with Crippen LogP contribution in [0.5, 0.6) is 5.75 Å². The van der Waals surface area contributed by atoms with Gasteiger partial charge in [0.05, 0.1) is 19.4 Å². The van der Waals surface area contributed by atoms with E-state index in [4.69, 9.17) is 9.47 Å². The Morgan fingerprint density at radius 2 is 1.66 bits per heavy atom. The number of ether oxygens (including phenoxy) is 2. The van der Waals surface area contributed by atoms with Gasteiger partial charge < -0.3 is 14.0 Å². The van der Waals surface area contributed by atoms with Gasteiger partial charge in [0.25, 0.3) is 0 Å². The molecule has 2 heterocycles. The first-order valence-electron chi connectivity index (χ1n) is 11.1. The molecule has 1 aromatic heterocycles. The molecule has 1 aliphatic heterocycles. The summed E-state index contributed by atoms with van der Waals surface area (Å²) in [6, 6.07) is 32.3. The van der Waals surface area contributed by atoms with Crippen LogP contribution in [0.25, 0.3) is 21.7 Å². The minimum atomic E-state index is -0.0821. The molecule has 3 heteroatoms. The molecule has 32 heavy (non-hydrogen) atoms. The third-order valence-corrected chi connectivity index (χ3v) is 6.56. The zero-order valence-electron chi connectivity index (χ0n) is 18.1. The Balaban J connectivity index is 1.52. The van der Waals surface area contributed by atoms with Crippen molar-refractivity contribution in [3.05, 3.63) is 113 Å². The third kappa shape index (κ3) is 3.17. The van der Waals surface area contributed by atoms with Crippen LogP contribution < -0.4 is 4.74 Å². The highest BCUT2D eigenvalue weighted by atomic mass is 16.5. The zero-order valence-corrected chi connectivity index (χ0v) is 18.1. The maximum absolute atomic E-state index is 6.45. The Kier molecular flexibility index (Phi) is 4.70.